The Hall–Kier alpha value is -1.93. The number of esters is 2. The third kappa shape index (κ3) is 27.0. The average molecular weight is 847 g/mol. The van der Waals surface area contributed by atoms with Crippen LogP contribution in [0.1, 0.15) is 174 Å². The summed E-state index contributed by atoms with van der Waals surface area (Å²) in [6.07, 6.45) is 24.8. The third-order valence-corrected chi connectivity index (χ3v) is 11.2. The lowest BCUT2D eigenvalue weighted by Gasteiger charge is -2.41. The van der Waals surface area contributed by atoms with Crippen molar-refractivity contribution >= 4 is 19.8 Å². The average Bonchev–Trinajstić information content (AvgIpc) is 3.20. The van der Waals surface area contributed by atoms with Crippen LogP contribution < -0.4 is 0 Å². The second-order valence-corrected chi connectivity index (χ2v) is 16.9. The summed E-state index contributed by atoms with van der Waals surface area (Å²) >= 11 is 0. The molecule has 6 unspecified atom stereocenters. The van der Waals surface area contributed by atoms with Crippen molar-refractivity contribution in [1.82, 2.24) is 0 Å². The van der Waals surface area contributed by atoms with Crippen molar-refractivity contribution in [1.29, 1.82) is 0 Å². The highest BCUT2D eigenvalue weighted by Gasteiger charge is 2.51. The maximum Gasteiger partial charge on any atom is 0.472 e. The fourth-order valence-electron chi connectivity index (χ4n) is 6.52. The first kappa shape index (κ1) is 54.1. The van der Waals surface area contributed by atoms with E-state index in [2.05, 4.69) is 50.3 Å². The van der Waals surface area contributed by atoms with Gasteiger partial charge in [-0.2, -0.15) is 0 Å². The molecule has 0 spiro atoms. The number of rotatable bonds is 36. The molecule has 0 amide bonds. The van der Waals surface area contributed by atoms with E-state index in [1.165, 1.54) is 57.8 Å². The Morgan fingerprint density at radius 1 is 0.534 bits per heavy atom. The minimum atomic E-state index is -5.12. The first-order chi connectivity index (χ1) is 27.9. The Bertz CT molecular complexity index is 1160. The lowest BCUT2D eigenvalue weighted by Crippen LogP contribution is -2.64. The molecule has 0 heterocycles. The molecular weight excluding hydrogens is 767 g/mol. The first-order valence-corrected chi connectivity index (χ1v) is 23.8. The summed E-state index contributed by atoms with van der Waals surface area (Å²) in [6, 6.07) is 0. The smallest absolute Gasteiger partial charge is 0.462 e. The molecule has 0 aromatic heterocycles. The molecule has 0 aliphatic heterocycles. The Morgan fingerprint density at radius 3 is 1.41 bits per heavy atom. The highest BCUT2D eigenvalue weighted by Crippen LogP contribution is 2.47. The number of hydrogen-bond donors (Lipinski definition) is 6. The summed E-state index contributed by atoms with van der Waals surface area (Å²) < 4.78 is 33.5. The van der Waals surface area contributed by atoms with E-state index in [0.717, 1.165) is 77.0 Å². The summed E-state index contributed by atoms with van der Waals surface area (Å²) in [5, 5.41) is 50.1. The number of ether oxygens (including phenoxy) is 2. The molecule has 1 aliphatic rings. The van der Waals surface area contributed by atoms with Crippen LogP contribution in [0.15, 0.2) is 36.5 Å². The van der Waals surface area contributed by atoms with Gasteiger partial charge in [0, 0.05) is 12.8 Å². The van der Waals surface area contributed by atoms with Crippen LogP contribution in [-0.2, 0) is 32.7 Å². The molecule has 8 atom stereocenters. The van der Waals surface area contributed by atoms with Gasteiger partial charge in [-0.05, 0) is 57.8 Å². The maximum atomic E-state index is 12.8. The molecule has 0 aromatic carbocycles. The van der Waals surface area contributed by atoms with Crippen LogP contribution in [0.3, 0.4) is 0 Å². The van der Waals surface area contributed by atoms with E-state index >= 15 is 0 Å². The zero-order valence-electron chi connectivity index (χ0n) is 35.6. The van der Waals surface area contributed by atoms with Gasteiger partial charge in [0.05, 0.1) is 6.61 Å². The number of allylic oxidation sites excluding steroid dienone is 6. The van der Waals surface area contributed by atoms with Crippen molar-refractivity contribution in [3.05, 3.63) is 36.5 Å². The normalized spacial score (nSPS) is 22.8. The highest BCUT2D eigenvalue weighted by molar-refractivity contribution is 7.47. The fraction of sp³-hybridized carbons (Fsp3) is 0.818. The number of unbranched alkanes of at least 4 members (excludes halogenated alkanes) is 18. The molecule has 58 heavy (non-hydrogen) atoms. The van der Waals surface area contributed by atoms with Crippen LogP contribution in [0.25, 0.3) is 0 Å². The van der Waals surface area contributed by atoms with E-state index in [9.17, 15) is 44.6 Å². The summed E-state index contributed by atoms with van der Waals surface area (Å²) in [4.78, 5) is 35.6. The van der Waals surface area contributed by atoms with Crippen LogP contribution in [0.4, 0.5) is 0 Å². The molecule has 0 saturated heterocycles. The molecule has 1 fully saturated rings. The lowest BCUT2D eigenvalue weighted by molar-refractivity contribution is -0.220. The van der Waals surface area contributed by atoms with Crippen LogP contribution in [0.2, 0.25) is 0 Å². The fourth-order valence-corrected chi connectivity index (χ4v) is 7.49. The van der Waals surface area contributed by atoms with Crippen molar-refractivity contribution in [2.75, 3.05) is 13.2 Å². The van der Waals surface area contributed by atoms with E-state index in [1.807, 2.05) is 0 Å². The van der Waals surface area contributed by atoms with Crippen LogP contribution in [-0.4, -0.2) is 98.3 Å². The number of carbonyl (C=O) groups is 2. The zero-order chi connectivity index (χ0) is 42.9. The molecule has 1 saturated carbocycles. The van der Waals surface area contributed by atoms with E-state index in [0.29, 0.717) is 12.8 Å². The largest absolute Gasteiger partial charge is 0.472 e. The van der Waals surface area contributed by atoms with Gasteiger partial charge in [0.2, 0.25) is 0 Å². The molecule has 338 valence electrons. The molecule has 13 nitrogen and oxygen atoms in total. The van der Waals surface area contributed by atoms with Crippen molar-refractivity contribution in [2.45, 2.75) is 217 Å². The van der Waals surface area contributed by atoms with Gasteiger partial charge in [0.15, 0.2) is 6.10 Å². The van der Waals surface area contributed by atoms with E-state index in [-0.39, 0.29) is 12.8 Å². The number of carbonyl (C=O) groups excluding carboxylic acids is 2. The number of hydrogen-bond acceptors (Lipinski definition) is 12. The van der Waals surface area contributed by atoms with Crippen molar-refractivity contribution < 1.29 is 63.1 Å². The van der Waals surface area contributed by atoms with Gasteiger partial charge in [-0.3, -0.25) is 18.6 Å². The molecule has 0 radical (unpaired) electrons. The predicted octanol–water partition coefficient (Wildman–Crippen LogP) is 8.22. The van der Waals surface area contributed by atoms with Gasteiger partial charge < -0.3 is 39.9 Å². The van der Waals surface area contributed by atoms with Crippen molar-refractivity contribution in [3.63, 3.8) is 0 Å². The number of aliphatic hydroxyl groups is 5. The molecular formula is C44H79O13P. The summed E-state index contributed by atoms with van der Waals surface area (Å²) in [7, 11) is -5.12. The first-order valence-electron chi connectivity index (χ1n) is 22.3. The predicted molar refractivity (Wildman–Crippen MR) is 226 cm³/mol. The number of phosphoric acid groups is 1. The van der Waals surface area contributed by atoms with Gasteiger partial charge in [0.1, 0.15) is 43.2 Å². The highest BCUT2D eigenvalue weighted by atomic mass is 31.2. The third-order valence-electron chi connectivity index (χ3n) is 10.2. The molecule has 14 heteroatoms. The lowest BCUT2D eigenvalue weighted by atomic mass is 9.85. The van der Waals surface area contributed by atoms with E-state index in [4.69, 9.17) is 18.5 Å². The number of aliphatic hydroxyl groups excluding tert-OH is 5. The zero-order valence-corrected chi connectivity index (χ0v) is 36.5. The Labute approximate surface area is 348 Å². The summed E-state index contributed by atoms with van der Waals surface area (Å²) in [6.45, 7) is 3.21. The Kier molecular flexibility index (Phi) is 32.4. The SMILES string of the molecule is CCCC/C=C/C/C=C/CCCCCCCC(=O)OC[C@H](COP(=O)(O)OC1C(O)C(O)C(O)[C@H](O)C1O)OC(=O)CCCCCCCCCCC/C=C/CCCC. The molecule has 1 rings (SSSR count). The Balaban J connectivity index is 2.49. The maximum absolute atomic E-state index is 12.8. The van der Waals surface area contributed by atoms with Crippen molar-refractivity contribution in [2.24, 2.45) is 0 Å². The van der Waals surface area contributed by atoms with Gasteiger partial charge >= 0.3 is 19.8 Å². The minimum absolute atomic E-state index is 0.0912. The molecule has 6 N–H and O–H groups in total. The van der Waals surface area contributed by atoms with Crippen LogP contribution >= 0.6 is 7.82 Å². The minimum Gasteiger partial charge on any atom is -0.462 e. The molecule has 0 aromatic rings. The topological polar surface area (TPSA) is 210 Å². The Morgan fingerprint density at radius 2 is 0.931 bits per heavy atom. The van der Waals surface area contributed by atoms with Gasteiger partial charge in [-0.15, -0.1) is 0 Å². The summed E-state index contributed by atoms with van der Waals surface area (Å²) in [5.74, 6) is -1.12. The second kappa shape index (κ2) is 34.7. The second-order valence-electron chi connectivity index (χ2n) is 15.5. The van der Waals surface area contributed by atoms with Gasteiger partial charge in [-0.25, -0.2) is 4.57 Å². The number of phosphoric ester groups is 1. The van der Waals surface area contributed by atoms with E-state index < -0.39 is 75.7 Å². The van der Waals surface area contributed by atoms with Crippen molar-refractivity contribution in [3.8, 4) is 0 Å². The van der Waals surface area contributed by atoms with Crippen LogP contribution in [0, 0.1) is 0 Å². The monoisotopic (exact) mass is 847 g/mol. The van der Waals surface area contributed by atoms with Crippen LogP contribution in [0.5, 0.6) is 0 Å². The van der Waals surface area contributed by atoms with Gasteiger partial charge in [-0.1, -0.05) is 140 Å². The van der Waals surface area contributed by atoms with E-state index in [1.54, 1.807) is 0 Å². The quantitative estimate of drug-likeness (QED) is 0.0152. The van der Waals surface area contributed by atoms with Gasteiger partial charge in [0.25, 0.3) is 0 Å². The standard InChI is InChI=1S/C44H79O13P/c1-3-5-7-9-11-13-15-17-19-21-23-25-27-29-31-33-38(46)56-36(35-55-58(52,53)57-44-42(50)40(48)39(47)41(49)43(44)51)34-54-37(45)32-30-28-26-24-22-20-18-16-14-12-10-8-6-4-2/h9-12,16,18,36,39-44,47-51H,3-8,13-15,17,19-35H2,1-2H3,(H,52,53)/b11-9+,12-10+,18-16+/t36-,39?,40+,41?,42?,43?,44?/m1/s1. The summed E-state index contributed by atoms with van der Waals surface area (Å²) in [5.41, 5.74) is 0. The molecule has 1 aliphatic carbocycles. The molecule has 0 bridgehead atoms.